The van der Waals surface area contributed by atoms with Gasteiger partial charge in [-0.3, -0.25) is 0 Å². The normalized spacial score (nSPS) is 22.3. The van der Waals surface area contributed by atoms with Crippen molar-refractivity contribution in [2.75, 3.05) is 32.7 Å². The Bertz CT molecular complexity index is 851. The molecule has 0 aliphatic carbocycles. The number of hydrogen-bond donors (Lipinski definition) is 3. The summed E-state index contributed by atoms with van der Waals surface area (Å²) in [6.07, 6.45) is 0. The SMILES string of the molecule is CC[NH+]1CC[NH+]([C@H](c2ccccc2)c2sc3nc(C)nn3c2O)CC1. The van der Waals surface area contributed by atoms with Crippen molar-refractivity contribution >= 4 is 16.3 Å². The lowest BCUT2D eigenvalue weighted by Gasteiger charge is -2.34. The quantitative estimate of drug-likeness (QED) is 0.599. The van der Waals surface area contributed by atoms with E-state index in [0.29, 0.717) is 5.82 Å². The molecule has 0 saturated carbocycles. The van der Waals surface area contributed by atoms with Gasteiger partial charge in [-0.05, 0) is 13.8 Å². The smallest absolute Gasteiger partial charge is 0.235 e. The molecule has 25 heavy (non-hydrogen) atoms. The second-order valence-electron chi connectivity index (χ2n) is 6.75. The van der Waals surface area contributed by atoms with E-state index < -0.39 is 0 Å². The number of likely N-dealkylation sites (N-methyl/N-ethyl adjacent to an activating group) is 1. The predicted octanol–water partition coefficient (Wildman–Crippen LogP) is -0.302. The molecule has 3 aromatic rings. The van der Waals surface area contributed by atoms with Crippen LogP contribution in [-0.4, -0.2) is 52.4 Å². The Morgan fingerprint density at radius 2 is 1.92 bits per heavy atom. The Labute approximate surface area is 151 Å². The first-order chi connectivity index (χ1) is 12.2. The number of nitrogens with zero attached hydrogens (tertiary/aromatic N) is 3. The third-order valence-corrected chi connectivity index (χ3v) is 6.29. The summed E-state index contributed by atoms with van der Waals surface area (Å²) >= 11 is 1.56. The number of piperazine rings is 1. The highest BCUT2D eigenvalue weighted by Crippen LogP contribution is 2.34. The highest BCUT2D eigenvalue weighted by atomic mass is 32.1. The minimum atomic E-state index is 0.133. The van der Waals surface area contributed by atoms with Crippen LogP contribution in [0.5, 0.6) is 5.88 Å². The molecule has 1 aliphatic heterocycles. The minimum Gasteiger partial charge on any atom is -0.492 e. The van der Waals surface area contributed by atoms with Crippen LogP contribution in [0.4, 0.5) is 0 Å². The van der Waals surface area contributed by atoms with Crippen molar-refractivity contribution < 1.29 is 14.9 Å². The zero-order valence-electron chi connectivity index (χ0n) is 14.7. The third kappa shape index (κ3) is 3.03. The highest BCUT2D eigenvalue weighted by Gasteiger charge is 2.35. The highest BCUT2D eigenvalue weighted by molar-refractivity contribution is 7.17. The van der Waals surface area contributed by atoms with Crippen molar-refractivity contribution in [3.05, 3.63) is 46.6 Å². The van der Waals surface area contributed by atoms with Gasteiger partial charge in [0.05, 0.1) is 6.54 Å². The van der Waals surface area contributed by atoms with Gasteiger partial charge in [0.1, 0.15) is 36.9 Å². The fourth-order valence-corrected chi connectivity index (χ4v) is 5.01. The fraction of sp³-hybridized carbons (Fsp3) is 0.444. The number of aromatic hydroxyl groups is 1. The van der Waals surface area contributed by atoms with E-state index in [-0.39, 0.29) is 11.9 Å². The topological polar surface area (TPSA) is 59.3 Å². The molecule has 1 saturated heterocycles. The van der Waals surface area contributed by atoms with Crippen molar-refractivity contribution in [2.24, 2.45) is 0 Å². The van der Waals surface area contributed by atoms with Gasteiger partial charge in [0.2, 0.25) is 10.8 Å². The molecule has 0 bridgehead atoms. The summed E-state index contributed by atoms with van der Waals surface area (Å²) in [7, 11) is 0. The van der Waals surface area contributed by atoms with Gasteiger partial charge in [0.25, 0.3) is 0 Å². The van der Waals surface area contributed by atoms with Gasteiger partial charge < -0.3 is 14.9 Å². The summed E-state index contributed by atoms with van der Waals surface area (Å²) in [4.78, 5) is 9.35. The number of quaternary nitrogens is 2. The molecular formula is C18H25N5OS+2. The molecule has 1 fully saturated rings. The Morgan fingerprint density at radius 1 is 1.20 bits per heavy atom. The van der Waals surface area contributed by atoms with Crippen LogP contribution >= 0.6 is 11.3 Å². The number of thiazole rings is 1. The van der Waals surface area contributed by atoms with Gasteiger partial charge in [0.15, 0.2) is 6.04 Å². The Hall–Kier alpha value is -1.96. The van der Waals surface area contributed by atoms with Crippen LogP contribution < -0.4 is 9.80 Å². The van der Waals surface area contributed by atoms with E-state index in [1.807, 2.05) is 13.0 Å². The molecule has 1 atom stereocenters. The number of aryl methyl sites for hydroxylation is 1. The zero-order chi connectivity index (χ0) is 17.4. The number of fused-ring (bicyclic) bond motifs is 1. The van der Waals surface area contributed by atoms with Crippen molar-refractivity contribution in [3.8, 4) is 5.88 Å². The summed E-state index contributed by atoms with van der Waals surface area (Å²) in [5.41, 5.74) is 1.24. The van der Waals surface area contributed by atoms with E-state index in [1.54, 1.807) is 20.8 Å². The maximum atomic E-state index is 10.8. The van der Waals surface area contributed by atoms with Gasteiger partial charge in [-0.25, -0.2) is 4.98 Å². The van der Waals surface area contributed by atoms with Crippen LogP contribution in [0.25, 0.3) is 4.96 Å². The average Bonchev–Trinajstić information content (AvgIpc) is 3.15. The van der Waals surface area contributed by atoms with Crippen LogP contribution in [0, 0.1) is 6.92 Å². The molecule has 0 spiro atoms. The summed E-state index contributed by atoms with van der Waals surface area (Å²) in [5, 5.41) is 15.1. The minimum absolute atomic E-state index is 0.133. The lowest BCUT2D eigenvalue weighted by atomic mass is 10.0. The second-order valence-corrected chi connectivity index (χ2v) is 7.76. The summed E-state index contributed by atoms with van der Waals surface area (Å²) in [6, 6.07) is 10.7. The zero-order valence-corrected chi connectivity index (χ0v) is 15.5. The van der Waals surface area contributed by atoms with Crippen LogP contribution in [0.3, 0.4) is 0 Å². The first-order valence-corrected chi connectivity index (χ1v) is 9.77. The molecule has 7 heteroatoms. The molecule has 1 aromatic carbocycles. The molecule has 0 unspecified atom stereocenters. The molecule has 3 heterocycles. The summed E-state index contributed by atoms with van der Waals surface area (Å²) in [5.74, 6) is 0.934. The molecule has 0 radical (unpaired) electrons. The molecule has 6 nitrogen and oxygen atoms in total. The number of nitrogens with one attached hydrogen (secondary N) is 2. The number of hydrogen-bond acceptors (Lipinski definition) is 4. The molecule has 3 N–H and O–H groups in total. The van der Waals surface area contributed by atoms with Gasteiger partial charge in [-0.2, -0.15) is 4.52 Å². The molecular weight excluding hydrogens is 334 g/mol. The molecule has 4 rings (SSSR count). The lowest BCUT2D eigenvalue weighted by molar-refractivity contribution is -1.02. The maximum absolute atomic E-state index is 10.8. The number of aromatic nitrogens is 3. The molecule has 2 aromatic heterocycles. The van der Waals surface area contributed by atoms with Crippen molar-refractivity contribution in [1.82, 2.24) is 14.6 Å². The standard InChI is InChI=1S/C18H23N5OS/c1-3-21-9-11-22(12-10-21)15(14-7-5-4-6-8-14)16-17(24)23-18(25-16)19-13(2)20-23/h4-8,15,24H,3,9-12H2,1-2H3/p+2/t15-/m1/s1. The first-order valence-electron chi connectivity index (χ1n) is 8.95. The van der Waals surface area contributed by atoms with E-state index in [0.717, 1.165) is 22.9 Å². The Kier molecular flexibility index (Phi) is 4.45. The van der Waals surface area contributed by atoms with Gasteiger partial charge in [0, 0.05) is 5.56 Å². The van der Waals surface area contributed by atoms with Crippen molar-refractivity contribution in [2.45, 2.75) is 19.9 Å². The fourth-order valence-electron chi connectivity index (χ4n) is 3.82. The maximum Gasteiger partial charge on any atom is 0.235 e. The van der Waals surface area contributed by atoms with E-state index in [1.165, 1.54) is 30.1 Å². The van der Waals surface area contributed by atoms with Crippen LogP contribution in [0.15, 0.2) is 30.3 Å². The average molecular weight is 359 g/mol. The van der Waals surface area contributed by atoms with E-state index in [2.05, 4.69) is 41.3 Å². The predicted molar refractivity (Wildman–Crippen MR) is 97.5 cm³/mol. The van der Waals surface area contributed by atoms with E-state index >= 15 is 0 Å². The van der Waals surface area contributed by atoms with Crippen LogP contribution in [-0.2, 0) is 0 Å². The molecule has 0 amide bonds. The largest absolute Gasteiger partial charge is 0.492 e. The number of benzene rings is 1. The summed E-state index contributed by atoms with van der Waals surface area (Å²) in [6.45, 7) is 9.86. The second kappa shape index (κ2) is 6.74. The monoisotopic (exact) mass is 359 g/mol. The Balaban J connectivity index is 1.74. The van der Waals surface area contributed by atoms with Crippen LogP contribution in [0.2, 0.25) is 0 Å². The van der Waals surface area contributed by atoms with Gasteiger partial charge in [-0.15, -0.1) is 5.10 Å². The number of rotatable bonds is 4. The van der Waals surface area contributed by atoms with Crippen LogP contribution in [0.1, 0.15) is 29.2 Å². The summed E-state index contributed by atoms with van der Waals surface area (Å²) < 4.78 is 1.58. The third-order valence-electron chi connectivity index (χ3n) is 5.21. The lowest BCUT2D eigenvalue weighted by Crippen LogP contribution is -3.28. The Morgan fingerprint density at radius 3 is 2.56 bits per heavy atom. The van der Waals surface area contributed by atoms with E-state index in [4.69, 9.17) is 0 Å². The van der Waals surface area contributed by atoms with E-state index in [9.17, 15) is 5.11 Å². The van der Waals surface area contributed by atoms with Crippen molar-refractivity contribution in [1.29, 1.82) is 0 Å². The molecule has 132 valence electrons. The first kappa shape index (κ1) is 16.5. The van der Waals surface area contributed by atoms with Gasteiger partial charge >= 0.3 is 0 Å². The van der Waals surface area contributed by atoms with Crippen molar-refractivity contribution in [3.63, 3.8) is 0 Å². The van der Waals surface area contributed by atoms with Gasteiger partial charge in [-0.1, -0.05) is 41.7 Å². The molecule has 1 aliphatic rings.